The number of fused-ring (bicyclic) bond motifs is 1. The number of carbonyl (C=O) groups excluding carboxylic acids is 1. The maximum Gasteiger partial charge on any atom is 0.248 e. The minimum Gasteiger partial charge on any atom is -0.451 e. The minimum atomic E-state index is -1.77. The van der Waals surface area contributed by atoms with Crippen LogP contribution < -0.4 is 10.5 Å². The molecule has 1 aliphatic carbocycles. The van der Waals surface area contributed by atoms with Gasteiger partial charge in [-0.25, -0.2) is 27.8 Å². The molecular formula is C26H19F5N6O3. The molecule has 0 saturated heterocycles. The van der Waals surface area contributed by atoms with Crippen LogP contribution in [0.1, 0.15) is 25.3 Å². The molecule has 3 N–H and O–H groups in total. The van der Waals surface area contributed by atoms with Crippen LogP contribution in [0.25, 0.3) is 22.3 Å². The third-order valence-corrected chi connectivity index (χ3v) is 7.07. The fourth-order valence-corrected chi connectivity index (χ4v) is 5.23. The largest absolute Gasteiger partial charge is 0.451 e. The molecule has 3 atom stereocenters. The number of amides is 1. The Hall–Kier alpha value is -4.59. The molecule has 1 saturated carbocycles. The number of carbonyl (C=O) groups is 1. The molecule has 2 aliphatic rings. The number of halogens is 5. The zero-order valence-corrected chi connectivity index (χ0v) is 20.4. The van der Waals surface area contributed by atoms with E-state index in [0.29, 0.717) is 24.9 Å². The zero-order chi connectivity index (χ0) is 28.3. The molecule has 9 nitrogen and oxygen atoms in total. The highest BCUT2D eigenvalue weighted by Gasteiger charge is 2.38. The topological polar surface area (TPSA) is 119 Å². The highest BCUT2D eigenvalue weighted by molar-refractivity contribution is 5.98. The number of rotatable bonds is 5. The van der Waals surface area contributed by atoms with E-state index in [0.717, 1.165) is 12.1 Å². The van der Waals surface area contributed by atoms with Crippen LogP contribution in [0, 0.1) is 29.1 Å². The number of hydrogen-bond acceptors (Lipinski definition) is 7. The van der Waals surface area contributed by atoms with Crippen LogP contribution in [0.5, 0.6) is 11.5 Å². The summed E-state index contributed by atoms with van der Waals surface area (Å²) in [6.45, 7) is 0. The van der Waals surface area contributed by atoms with Gasteiger partial charge in [0.15, 0.2) is 17.3 Å². The van der Waals surface area contributed by atoms with Crippen LogP contribution in [0.3, 0.4) is 0 Å². The van der Waals surface area contributed by atoms with Crippen molar-refractivity contribution in [1.29, 1.82) is 0 Å². The van der Waals surface area contributed by atoms with Gasteiger partial charge in [-0.3, -0.25) is 4.79 Å². The van der Waals surface area contributed by atoms with E-state index in [4.69, 9.17) is 10.5 Å². The van der Waals surface area contributed by atoms with E-state index in [1.165, 1.54) is 29.4 Å². The first-order valence-corrected chi connectivity index (χ1v) is 12.1. The quantitative estimate of drug-likeness (QED) is 0.276. The number of benzene rings is 2. The predicted octanol–water partition coefficient (Wildman–Crippen LogP) is 4.37. The highest BCUT2D eigenvalue weighted by Crippen LogP contribution is 2.40. The zero-order valence-electron chi connectivity index (χ0n) is 20.4. The van der Waals surface area contributed by atoms with E-state index in [2.05, 4.69) is 15.1 Å². The third kappa shape index (κ3) is 4.11. The lowest BCUT2D eigenvalue weighted by atomic mass is 10.1. The molecule has 0 radical (unpaired) electrons. The Labute approximate surface area is 222 Å². The number of aromatic nitrogens is 4. The van der Waals surface area contributed by atoms with E-state index >= 15 is 4.39 Å². The van der Waals surface area contributed by atoms with Gasteiger partial charge in [0.25, 0.3) is 0 Å². The van der Waals surface area contributed by atoms with Crippen LogP contribution in [-0.4, -0.2) is 47.9 Å². The number of hydrogen-bond donors (Lipinski definition) is 2. The molecule has 4 aromatic rings. The van der Waals surface area contributed by atoms with Crippen molar-refractivity contribution in [1.82, 2.24) is 24.6 Å². The van der Waals surface area contributed by atoms with Crippen molar-refractivity contribution in [3.63, 3.8) is 0 Å². The van der Waals surface area contributed by atoms with Crippen LogP contribution in [0.2, 0.25) is 0 Å². The van der Waals surface area contributed by atoms with Gasteiger partial charge < -0.3 is 20.5 Å². The number of nitrogens with zero attached hydrogens (tertiary/aromatic N) is 5. The second kappa shape index (κ2) is 9.55. The Morgan fingerprint density at radius 1 is 0.975 bits per heavy atom. The number of ether oxygens (including phenoxy) is 1. The van der Waals surface area contributed by atoms with Gasteiger partial charge in [0.2, 0.25) is 23.3 Å². The summed E-state index contributed by atoms with van der Waals surface area (Å²) in [7, 11) is 0. The summed E-state index contributed by atoms with van der Waals surface area (Å²) < 4.78 is 77.1. The summed E-state index contributed by atoms with van der Waals surface area (Å²) in [5, 5.41) is 15.0. The first-order chi connectivity index (χ1) is 19.1. The maximum absolute atomic E-state index is 15.4. The second-order valence-corrected chi connectivity index (χ2v) is 9.43. The van der Waals surface area contributed by atoms with Gasteiger partial charge in [-0.2, -0.15) is 13.9 Å². The lowest BCUT2D eigenvalue weighted by Gasteiger charge is -2.27. The molecular weight excluding hydrogens is 539 g/mol. The van der Waals surface area contributed by atoms with Crippen LogP contribution in [-0.2, 0) is 4.79 Å². The van der Waals surface area contributed by atoms with E-state index < -0.39 is 46.8 Å². The Kier molecular flexibility index (Phi) is 6.13. The molecule has 1 amide bonds. The molecule has 14 heteroatoms. The molecule has 40 heavy (non-hydrogen) atoms. The Morgan fingerprint density at radius 3 is 2.38 bits per heavy atom. The van der Waals surface area contributed by atoms with Gasteiger partial charge in [0.1, 0.15) is 35.6 Å². The molecule has 0 spiro atoms. The Bertz CT molecular complexity index is 1680. The van der Waals surface area contributed by atoms with Crippen LogP contribution in [0.4, 0.5) is 27.8 Å². The van der Waals surface area contributed by atoms with Crippen molar-refractivity contribution in [3.05, 3.63) is 71.8 Å². The number of anilines is 1. The molecule has 6 rings (SSSR count). The van der Waals surface area contributed by atoms with Gasteiger partial charge in [0.05, 0.1) is 11.4 Å². The predicted molar refractivity (Wildman–Crippen MR) is 130 cm³/mol. The average Bonchev–Trinajstić information content (AvgIpc) is 3.63. The van der Waals surface area contributed by atoms with E-state index in [-0.39, 0.29) is 46.5 Å². The molecule has 0 bridgehead atoms. The Balaban J connectivity index is 1.35. The van der Waals surface area contributed by atoms with Crippen molar-refractivity contribution < 1.29 is 36.6 Å². The van der Waals surface area contributed by atoms with Gasteiger partial charge in [-0.15, -0.1) is 0 Å². The molecule has 1 aliphatic heterocycles. The fourth-order valence-electron chi connectivity index (χ4n) is 5.23. The smallest absolute Gasteiger partial charge is 0.248 e. The van der Waals surface area contributed by atoms with Crippen molar-refractivity contribution >= 4 is 22.8 Å². The second-order valence-electron chi connectivity index (χ2n) is 9.43. The molecule has 206 valence electrons. The summed E-state index contributed by atoms with van der Waals surface area (Å²) in [5.41, 5.74) is 6.43. The van der Waals surface area contributed by atoms with E-state index in [1.807, 2.05) is 0 Å². The lowest BCUT2D eigenvalue weighted by molar-refractivity contribution is -0.134. The highest BCUT2D eigenvalue weighted by atomic mass is 19.2. The summed E-state index contributed by atoms with van der Waals surface area (Å²) in [5.74, 6) is -9.89. The minimum absolute atomic E-state index is 0.0224. The summed E-state index contributed by atoms with van der Waals surface area (Å²) in [6.07, 6.45) is 4.56. The number of nitrogen functional groups attached to an aromatic ring is 1. The van der Waals surface area contributed by atoms with Crippen LogP contribution >= 0.6 is 0 Å². The van der Waals surface area contributed by atoms with Gasteiger partial charge in [-0.05, 0) is 37.5 Å². The summed E-state index contributed by atoms with van der Waals surface area (Å²) in [4.78, 5) is 21.9. The normalized spacial score (nSPS) is 20.7. The van der Waals surface area contributed by atoms with Gasteiger partial charge in [0, 0.05) is 29.8 Å². The van der Waals surface area contributed by atoms with Crippen molar-refractivity contribution in [3.8, 4) is 22.8 Å². The molecule has 2 aromatic carbocycles. The monoisotopic (exact) mass is 558 g/mol. The molecule has 1 fully saturated rings. The summed E-state index contributed by atoms with van der Waals surface area (Å²) in [6, 6.07) is 2.63. The lowest BCUT2D eigenvalue weighted by Crippen LogP contribution is -2.41. The SMILES string of the molecule is Nc1ncnc2c1c(-c1ccc(Oc3c(F)c(F)cc(F)c3F)cc1F)nn2[C@H]1CC[C@H](N2C(=O)C=CC2O)C1. The van der Waals surface area contributed by atoms with Gasteiger partial charge >= 0.3 is 0 Å². The van der Waals surface area contributed by atoms with E-state index in [1.54, 1.807) is 4.68 Å². The molecule has 1 unspecified atom stereocenters. The first kappa shape index (κ1) is 25.7. The van der Waals surface area contributed by atoms with Crippen molar-refractivity contribution in [2.24, 2.45) is 0 Å². The summed E-state index contributed by atoms with van der Waals surface area (Å²) >= 11 is 0. The van der Waals surface area contributed by atoms with Crippen molar-refractivity contribution in [2.45, 2.75) is 37.6 Å². The average molecular weight is 558 g/mol. The first-order valence-electron chi connectivity index (χ1n) is 12.1. The third-order valence-electron chi connectivity index (χ3n) is 7.07. The van der Waals surface area contributed by atoms with Crippen molar-refractivity contribution in [2.75, 3.05) is 5.73 Å². The Morgan fingerprint density at radius 2 is 1.70 bits per heavy atom. The number of aliphatic hydroxyl groups is 1. The number of nitrogens with two attached hydrogens (primary N) is 1. The molecule has 2 aromatic heterocycles. The van der Waals surface area contributed by atoms with Gasteiger partial charge in [-0.1, -0.05) is 0 Å². The number of aliphatic hydroxyl groups excluding tert-OH is 1. The standard InChI is InChI=1S/C26H19F5N6O3/c27-15-8-13(40-24-21(30)16(28)9-17(29)22(24)31)3-4-14(15)23-20-25(32)33-10-34-26(20)37(35-23)12-2-1-11(7-12)36-18(38)5-6-19(36)39/h3-6,8-12,18,38H,1-2,7H2,(H2,32,33,34)/t11-,12-,18?/m0/s1. The fraction of sp³-hybridized carbons (Fsp3) is 0.231. The molecule has 3 heterocycles. The maximum atomic E-state index is 15.4. The van der Waals surface area contributed by atoms with E-state index in [9.17, 15) is 27.5 Å². The van der Waals surface area contributed by atoms with Crippen LogP contribution in [0.15, 0.2) is 42.7 Å².